The van der Waals surface area contributed by atoms with Gasteiger partial charge in [-0.2, -0.15) is 0 Å². The Morgan fingerprint density at radius 1 is 1.25 bits per heavy atom. The third kappa shape index (κ3) is 3.01. The molecule has 1 atom stereocenters. The molecule has 1 saturated heterocycles. The molecule has 1 fully saturated rings. The Morgan fingerprint density at radius 2 is 2.04 bits per heavy atom. The molecule has 1 heterocycles. The van der Waals surface area contributed by atoms with Gasteiger partial charge in [-0.3, -0.25) is 14.5 Å². The molecule has 28 heavy (non-hydrogen) atoms. The van der Waals surface area contributed by atoms with Crippen LogP contribution in [0.4, 0.5) is 14.9 Å². The van der Waals surface area contributed by atoms with E-state index in [9.17, 15) is 18.8 Å². The zero-order valence-corrected chi connectivity index (χ0v) is 15.6. The van der Waals surface area contributed by atoms with Crippen LogP contribution in [0.15, 0.2) is 42.5 Å². The van der Waals surface area contributed by atoms with Gasteiger partial charge in [0.25, 0.3) is 5.91 Å². The van der Waals surface area contributed by atoms with E-state index in [1.807, 2.05) is 24.3 Å². The molecule has 2 aromatic rings. The molecule has 1 spiro atoms. The number of urea groups is 1. The molecule has 2 aliphatic rings. The summed E-state index contributed by atoms with van der Waals surface area (Å²) in [4.78, 5) is 38.9. The maximum absolute atomic E-state index is 13.1. The highest BCUT2D eigenvalue weighted by atomic mass is 35.5. The number of aryl methyl sites for hydroxylation is 1. The maximum Gasteiger partial charge on any atom is 0.325 e. The number of hydrogen-bond acceptors (Lipinski definition) is 3. The van der Waals surface area contributed by atoms with Crippen LogP contribution >= 0.6 is 11.6 Å². The van der Waals surface area contributed by atoms with Gasteiger partial charge in [0.2, 0.25) is 5.91 Å². The van der Waals surface area contributed by atoms with Gasteiger partial charge in [-0.05, 0) is 48.6 Å². The fourth-order valence-corrected chi connectivity index (χ4v) is 4.09. The topological polar surface area (TPSA) is 78.5 Å². The van der Waals surface area contributed by atoms with Gasteiger partial charge in [0.05, 0.1) is 10.7 Å². The summed E-state index contributed by atoms with van der Waals surface area (Å²) < 4.78 is 13.1. The predicted octanol–water partition coefficient (Wildman–Crippen LogP) is 3.20. The van der Waals surface area contributed by atoms with Gasteiger partial charge in [-0.1, -0.05) is 35.9 Å². The van der Waals surface area contributed by atoms with E-state index < -0.39 is 35.7 Å². The van der Waals surface area contributed by atoms with E-state index in [0.717, 1.165) is 41.0 Å². The molecular weight excluding hydrogens is 385 g/mol. The highest BCUT2D eigenvalue weighted by molar-refractivity contribution is 6.33. The molecule has 0 bridgehead atoms. The molecule has 4 rings (SSSR count). The minimum absolute atomic E-state index is 0.0308. The fourth-order valence-electron chi connectivity index (χ4n) is 3.88. The first-order valence-corrected chi connectivity index (χ1v) is 9.26. The SMILES string of the molecule is O=C(CN1C(=O)N[C@]2(CCCc3ccccc32)C1=O)Nc1ccc(F)cc1Cl. The summed E-state index contributed by atoms with van der Waals surface area (Å²) in [5.74, 6) is -1.57. The largest absolute Gasteiger partial charge is 0.325 e. The molecular formula is C20H17ClFN3O3. The molecule has 1 aliphatic carbocycles. The monoisotopic (exact) mass is 401 g/mol. The van der Waals surface area contributed by atoms with Crippen molar-refractivity contribution in [3.8, 4) is 0 Å². The van der Waals surface area contributed by atoms with Crippen molar-refractivity contribution in [3.05, 3.63) is 64.4 Å². The van der Waals surface area contributed by atoms with E-state index in [1.165, 1.54) is 6.07 Å². The lowest BCUT2D eigenvalue weighted by atomic mass is 9.76. The van der Waals surface area contributed by atoms with Crippen LogP contribution in [0.3, 0.4) is 0 Å². The van der Waals surface area contributed by atoms with E-state index in [1.54, 1.807) is 0 Å². The first kappa shape index (κ1) is 18.4. The lowest BCUT2D eigenvalue weighted by Crippen LogP contribution is -2.47. The summed E-state index contributed by atoms with van der Waals surface area (Å²) in [6.45, 7) is -0.456. The Balaban J connectivity index is 1.55. The summed E-state index contributed by atoms with van der Waals surface area (Å²) in [5, 5.41) is 5.33. The summed E-state index contributed by atoms with van der Waals surface area (Å²) >= 11 is 5.91. The Morgan fingerprint density at radius 3 is 2.82 bits per heavy atom. The van der Waals surface area contributed by atoms with E-state index in [-0.39, 0.29) is 10.7 Å². The van der Waals surface area contributed by atoms with Gasteiger partial charge < -0.3 is 10.6 Å². The molecule has 2 N–H and O–H groups in total. The van der Waals surface area contributed by atoms with E-state index in [4.69, 9.17) is 11.6 Å². The van der Waals surface area contributed by atoms with Gasteiger partial charge in [-0.15, -0.1) is 0 Å². The second kappa shape index (κ2) is 6.91. The molecule has 2 aromatic carbocycles. The molecule has 8 heteroatoms. The number of fused-ring (bicyclic) bond motifs is 2. The fraction of sp³-hybridized carbons (Fsp3) is 0.250. The van der Waals surface area contributed by atoms with Crippen molar-refractivity contribution in [1.82, 2.24) is 10.2 Å². The van der Waals surface area contributed by atoms with Crippen molar-refractivity contribution in [3.63, 3.8) is 0 Å². The van der Waals surface area contributed by atoms with Gasteiger partial charge in [0, 0.05) is 0 Å². The zero-order chi connectivity index (χ0) is 19.9. The number of nitrogens with one attached hydrogen (secondary N) is 2. The molecule has 4 amide bonds. The minimum Gasteiger partial charge on any atom is -0.323 e. The number of amides is 4. The van der Waals surface area contributed by atoms with Crippen LogP contribution in [0.5, 0.6) is 0 Å². The smallest absolute Gasteiger partial charge is 0.323 e. The summed E-state index contributed by atoms with van der Waals surface area (Å²) in [7, 11) is 0. The average Bonchev–Trinajstić information content (AvgIpc) is 2.89. The predicted molar refractivity (Wildman–Crippen MR) is 101 cm³/mol. The van der Waals surface area contributed by atoms with Crippen LogP contribution in [0.2, 0.25) is 5.02 Å². The number of carbonyl (C=O) groups excluding carboxylic acids is 3. The Labute approximate surface area is 165 Å². The van der Waals surface area contributed by atoms with Crippen molar-refractivity contribution in [1.29, 1.82) is 0 Å². The molecule has 144 valence electrons. The van der Waals surface area contributed by atoms with Crippen LogP contribution in [-0.4, -0.2) is 29.3 Å². The van der Waals surface area contributed by atoms with Crippen molar-refractivity contribution >= 4 is 35.1 Å². The first-order valence-electron chi connectivity index (χ1n) is 8.88. The number of nitrogens with zero attached hydrogens (tertiary/aromatic N) is 1. The number of carbonyl (C=O) groups is 3. The zero-order valence-electron chi connectivity index (χ0n) is 14.8. The van der Waals surface area contributed by atoms with Crippen molar-refractivity contribution in [2.24, 2.45) is 0 Å². The van der Waals surface area contributed by atoms with Crippen LogP contribution in [0.25, 0.3) is 0 Å². The first-order chi connectivity index (χ1) is 13.4. The van der Waals surface area contributed by atoms with E-state index >= 15 is 0 Å². The Kier molecular flexibility index (Phi) is 4.55. The quantitative estimate of drug-likeness (QED) is 0.775. The number of anilines is 1. The summed E-state index contributed by atoms with van der Waals surface area (Å²) in [6.07, 6.45) is 2.08. The highest BCUT2D eigenvalue weighted by Crippen LogP contribution is 2.39. The molecule has 1 aliphatic heterocycles. The van der Waals surface area contributed by atoms with E-state index in [2.05, 4.69) is 10.6 Å². The third-order valence-electron chi connectivity index (χ3n) is 5.16. The van der Waals surface area contributed by atoms with Gasteiger partial charge in [0.15, 0.2) is 0 Å². The number of imide groups is 1. The van der Waals surface area contributed by atoms with Crippen molar-refractivity contribution < 1.29 is 18.8 Å². The van der Waals surface area contributed by atoms with Crippen LogP contribution < -0.4 is 10.6 Å². The third-order valence-corrected chi connectivity index (χ3v) is 5.47. The molecule has 0 aromatic heterocycles. The standard InChI is InChI=1S/C20H17ClFN3O3/c21-15-10-13(22)7-8-16(15)23-17(26)11-25-18(27)20(24-19(25)28)9-3-5-12-4-1-2-6-14(12)20/h1-2,4,6-8,10H,3,5,9,11H2,(H,23,26)(H,24,28)/t20-/m0/s1. The molecule has 0 radical (unpaired) electrons. The van der Waals surface area contributed by atoms with Crippen LogP contribution in [0.1, 0.15) is 24.0 Å². The number of halogens is 2. The second-order valence-corrected chi connectivity index (χ2v) is 7.32. The average molecular weight is 402 g/mol. The van der Waals surface area contributed by atoms with Crippen LogP contribution in [0, 0.1) is 5.82 Å². The van der Waals surface area contributed by atoms with Gasteiger partial charge in [-0.25, -0.2) is 9.18 Å². The molecule has 6 nitrogen and oxygen atoms in total. The molecule has 0 unspecified atom stereocenters. The summed E-state index contributed by atoms with van der Waals surface area (Å²) in [6, 6.07) is 10.5. The Bertz CT molecular complexity index is 996. The van der Waals surface area contributed by atoms with Crippen molar-refractivity contribution in [2.45, 2.75) is 24.8 Å². The van der Waals surface area contributed by atoms with Crippen LogP contribution in [-0.2, 0) is 21.5 Å². The summed E-state index contributed by atoms with van der Waals surface area (Å²) in [5.41, 5.74) is 0.883. The minimum atomic E-state index is -1.13. The lowest BCUT2D eigenvalue weighted by Gasteiger charge is -2.33. The van der Waals surface area contributed by atoms with Crippen molar-refractivity contribution in [2.75, 3.05) is 11.9 Å². The molecule has 0 saturated carbocycles. The maximum atomic E-state index is 13.1. The number of hydrogen-bond donors (Lipinski definition) is 2. The normalized spacial score (nSPS) is 20.9. The lowest BCUT2D eigenvalue weighted by molar-refractivity contribution is -0.134. The number of benzene rings is 2. The Hall–Kier alpha value is -2.93. The highest BCUT2D eigenvalue weighted by Gasteiger charge is 2.54. The second-order valence-electron chi connectivity index (χ2n) is 6.91. The van der Waals surface area contributed by atoms with E-state index in [0.29, 0.717) is 6.42 Å². The number of rotatable bonds is 3. The van der Waals surface area contributed by atoms with Gasteiger partial charge in [0.1, 0.15) is 17.9 Å². The van der Waals surface area contributed by atoms with Gasteiger partial charge >= 0.3 is 6.03 Å².